The van der Waals surface area contributed by atoms with Crippen LogP contribution in [-0.4, -0.2) is 106 Å². The topological polar surface area (TPSA) is 151 Å². The number of carbonyl (C=O) groups excluding carboxylic acids is 3. The van der Waals surface area contributed by atoms with E-state index < -0.39 is 0 Å². The number of nitrogens with zero attached hydrogens (tertiary/aromatic N) is 3. The average Bonchev–Trinajstić information content (AvgIpc) is 2.59. The molecular formula is C19H43N7O3. The van der Waals surface area contributed by atoms with Crippen LogP contribution in [0.3, 0.4) is 0 Å². The number of nitrogens with one attached hydrogen (secondary N) is 1. The normalized spacial score (nSPS) is 10.9. The minimum atomic E-state index is -0.318. The van der Waals surface area contributed by atoms with Crippen molar-refractivity contribution in [3.63, 3.8) is 0 Å². The lowest BCUT2D eigenvalue weighted by molar-refractivity contribution is -0.119. The Kier molecular flexibility index (Phi) is 19.9. The van der Waals surface area contributed by atoms with Crippen LogP contribution in [-0.2, 0) is 14.4 Å². The number of carbonyl (C=O) groups is 3. The molecule has 0 aliphatic heterocycles. The molecule has 0 bridgehead atoms. The molecule has 0 atom stereocenters. The van der Waals surface area contributed by atoms with Crippen LogP contribution in [0.25, 0.3) is 0 Å². The van der Waals surface area contributed by atoms with Crippen LogP contribution >= 0.6 is 0 Å². The van der Waals surface area contributed by atoms with Gasteiger partial charge in [0.1, 0.15) is 0 Å². The van der Waals surface area contributed by atoms with E-state index in [-0.39, 0.29) is 17.7 Å². The molecule has 0 heterocycles. The molecule has 0 unspecified atom stereocenters. The number of primary amides is 3. The Labute approximate surface area is 176 Å². The molecule has 0 saturated heterocycles. The minimum Gasteiger partial charge on any atom is -0.370 e. The van der Waals surface area contributed by atoms with E-state index in [9.17, 15) is 14.4 Å². The quantitative estimate of drug-likeness (QED) is 0.208. The van der Waals surface area contributed by atoms with Crippen LogP contribution in [0.5, 0.6) is 0 Å². The number of amides is 3. The molecule has 0 saturated carbocycles. The lowest BCUT2D eigenvalue weighted by Gasteiger charge is -2.21. The maximum Gasteiger partial charge on any atom is 0.218 e. The molecule has 0 aromatic carbocycles. The van der Waals surface area contributed by atoms with E-state index in [1.165, 1.54) is 0 Å². The number of hydrogen-bond acceptors (Lipinski definition) is 7. The first-order chi connectivity index (χ1) is 13.5. The van der Waals surface area contributed by atoms with Crippen molar-refractivity contribution < 1.29 is 14.4 Å². The Morgan fingerprint density at radius 3 is 1.48 bits per heavy atom. The fourth-order valence-corrected chi connectivity index (χ4v) is 2.34. The second-order valence-electron chi connectivity index (χ2n) is 7.55. The summed E-state index contributed by atoms with van der Waals surface area (Å²) in [6, 6.07) is 0. The van der Waals surface area contributed by atoms with Crippen LogP contribution < -0.4 is 22.5 Å². The first kappa shape index (κ1) is 29.5. The average molecular weight is 418 g/mol. The van der Waals surface area contributed by atoms with Crippen LogP contribution in [0.4, 0.5) is 0 Å². The molecule has 0 aromatic heterocycles. The molecule has 172 valence electrons. The van der Waals surface area contributed by atoms with Crippen molar-refractivity contribution in [2.45, 2.75) is 32.1 Å². The molecule has 0 fully saturated rings. The molecule has 10 nitrogen and oxygen atoms in total. The summed E-state index contributed by atoms with van der Waals surface area (Å²) in [6.07, 6.45) is 3.17. The van der Waals surface area contributed by atoms with Crippen LogP contribution in [0.2, 0.25) is 0 Å². The summed E-state index contributed by atoms with van der Waals surface area (Å²) in [5.74, 6) is -0.876. The van der Waals surface area contributed by atoms with Gasteiger partial charge in [0.25, 0.3) is 0 Å². The van der Waals surface area contributed by atoms with E-state index in [0.29, 0.717) is 38.9 Å². The van der Waals surface area contributed by atoms with E-state index in [4.69, 9.17) is 17.2 Å². The summed E-state index contributed by atoms with van der Waals surface area (Å²) >= 11 is 0. The van der Waals surface area contributed by atoms with Crippen molar-refractivity contribution in [3.8, 4) is 0 Å². The molecule has 10 heteroatoms. The van der Waals surface area contributed by atoms with Gasteiger partial charge in [-0.3, -0.25) is 14.4 Å². The fourth-order valence-electron chi connectivity index (χ4n) is 2.34. The third-order valence-electron chi connectivity index (χ3n) is 3.94. The predicted octanol–water partition coefficient (Wildman–Crippen LogP) is -1.61. The summed E-state index contributed by atoms with van der Waals surface area (Å²) in [5.41, 5.74) is 15.2. The molecule has 29 heavy (non-hydrogen) atoms. The highest BCUT2D eigenvalue weighted by Crippen LogP contribution is 1.97. The van der Waals surface area contributed by atoms with Crippen molar-refractivity contribution >= 4 is 17.7 Å². The van der Waals surface area contributed by atoms with Crippen LogP contribution in [0.15, 0.2) is 0 Å². The standard InChI is InChI=1S/C11H24N4O2.C8H19N3O/c1-14(2)6-3-7-15(8-4-10(12)16)9-5-11(13)17;1-11(2)7-3-5-10-6-4-8(9)12/h3-9H2,1-2H3,(H2,12,16)(H2,13,17);10H,3-7H2,1-2H3,(H2,9,12). The van der Waals surface area contributed by atoms with Gasteiger partial charge in [-0.15, -0.1) is 0 Å². The molecule has 3 amide bonds. The van der Waals surface area contributed by atoms with Crippen molar-refractivity contribution in [2.24, 2.45) is 17.2 Å². The van der Waals surface area contributed by atoms with Crippen molar-refractivity contribution in [1.29, 1.82) is 0 Å². The molecule has 0 aliphatic carbocycles. The summed E-state index contributed by atoms with van der Waals surface area (Å²) in [7, 11) is 8.11. The van der Waals surface area contributed by atoms with Gasteiger partial charge in [0.15, 0.2) is 0 Å². The molecular weight excluding hydrogens is 374 g/mol. The second kappa shape index (κ2) is 19.6. The van der Waals surface area contributed by atoms with Crippen LogP contribution in [0, 0.1) is 0 Å². The zero-order valence-electron chi connectivity index (χ0n) is 18.8. The highest BCUT2D eigenvalue weighted by atomic mass is 16.1. The summed E-state index contributed by atoms with van der Waals surface area (Å²) in [4.78, 5) is 38.0. The number of nitrogens with two attached hydrogens (primary N) is 3. The first-order valence-corrected chi connectivity index (χ1v) is 10.1. The maximum absolute atomic E-state index is 10.7. The van der Waals surface area contributed by atoms with Crippen LogP contribution in [0.1, 0.15) is 32.1 Å². The number of rotatable bonds is 17. The third kappa shape index (κ3) is 28.6. The summed E-state index contributed by atoms with van der Waals surface area (Å²) in [6.45, 7) is 5.73. The van der Waals surface area contributed by atoms with Gasteiger partial charge in [0, 0.05) is 38.9 Å². The van der Waals surface area contributed by atoms with E-state index >= 15 is 0 Å². The van der Waals surface area contributed by atoms with Gasteiger partial charge in [-0.05, 0) is 67.2 Å². The lowest BCUT2D eigenvalue weighted by Crippen LogP contribution is -2.33. The molecule has 0 radical (unpaired) electrons. The van der Waals surface area contributed by atoms with Gasteiger partial charge < -0.3 is 37.2 Å². The Bertz CT molecular complexity index is 428. The van der Waals surface area contributed by atoms with E-state index in [0.717, 1.165) is 39.0 Å². The Balaban J connectivity index is 0. The zero-order chi connectivity index (χ0) is 22.7. The Hall–Kier alpha value is -1.75. The smallest absolute Gasteiger partial charge is 0.218 e. The van der Waals surface area contributed by atoms with Gasteiger partial charge in [0.05, 0.1) is 0 Å². The first-order valence-electron chi connectivity index (χ1n) is 10.1. The monoisotopic (exact) mass is 417 g/mol. The van der Waals surface area contributed by atoms with Gasteiger partial charge in [-0.25, -0.2) is 0 Å². The van der Waals surface area contributed by atoms with E-state index in [2.05, 4.69) is 20.0 Å². The van der Waals surface area contributed by atoms with E-state index in [1.807, 2.05) is 28.2 Å². The molecule has 0 aromatic rings. The molecule has 7 N–H and O–H groups in total. The van der Waals surface area contributed by atoms with Crippen molar-refractivity contribution in [2.75, 3.05) is 74.0 Å². The second-order valence-corrected chi connectivity index (χ2v) is 7.55. The third-order valence-corrected chi connectivity index (χ3v) is 3.94. The molecule has 0 aliphatic rings. The summed E-state index contributed by atoms with van der Waals surface area (Å²) in [5, 5.41) is 3.14. The zero-order valence-corrected chi connectivity index (χ0v) is 18.8. The maximum atomic E-state index is 10.7. The van der Waals surface area contributed by atoms with Gasteiger partial charge >= 0.3 is 0 Å². The predicted molar refractivity (Wildman–Crippen MR) is 117 cm³/mol. The highest BCUT2D eigenvalue weighted by Gasteiger charge is 2.08. The molecule has 0 spiro atoms. The lowest BCUT2D eigenvalue weighted by atomic mass is 10.3. The van der Waals surface area contributed by atoms with Gasteiger partial charge in [-0.2, -0.15) is 0 Å². The fraction of sp³-hybridized carbons (Fsp3) is 0.842. The minimum absolute atomic E-state index is 0.241. The van der Waals surface area contributed by atoms with Gasteiger partial charge in [-0.1, -0.05) is 0 Å². The largest absolute Gasteiger partial charge is 0.370 e. The Morgan fingerprint density at radius 2 is 1.07 bits per heavy atom. The van der Waals surface area contributed by atoms with Gasteiger partial charge in [0.2, 0.25) is 17.7 Å². The Morgan fingerprint density at radius 1 is 0.621 bits per heavy atom. The number of hydrogen-bond donors (Lipinski definition) is 4. The van der Waals surface area contributed by atoms with Crippen molar-refractivity contribution in [3.05, 3.63) is 0 Å². The SMILES string of the molecule is CN(C)CCCN(CCC(N)=O)CCC(N)=O.CN(C)CCCNCCC(N)=O. The molecule has 0 rings (SSSR count). The summed E-state index contributed by atoms with van der Waals surface area (Å²) < 4.78 is 0. The highest BCUT2D eigenvalue weighted by molar-refractivity contribution is 5.74. The van der Waals surface area contributed by atoms with Crippen molar-refractivity contribution in [1.82, 2.24) is 20.0 Å². The van der Waals surface area contributed by atoms with E-state index in [1.54, 1.807) is 0 Å².